The van der Waals surface area contributed by atoms with Crippen molar-refractivity contribution < 1.29 is 30.9 Å². The zero-order chi connectivity index (χ0) is 18.6. The fourth-order valence-electron chi connectivity index (χ4n) is 2.18. The summed E-state index contributed by atoms with van der Waals surface area (Å²) in [6.45, 7) is 0. The van der Waals surface area contributed by atoms with Gasteiger partial charge in [-0.2, -0.15) is 33.4 Å². The molecule has 0 atom stereocenters. The molecule has 0 bridgehead atoms. The minimum absolute atomic E-state index is 0.408. The Morgan fingerprint density at radius 3 is 2.17 bits per heavy atom. The van der Waals surface area contributed by atoms with E-state index in [9.17, 15) is 18.0 Å². The second-order valence-corrected chi connectivity index (χ2v) is 8.45. The average molecular weight is 413 g/mol. The first-order chi connectivity index (χ1) is 11.1. The Bertz CT molecular complexity index is 449. The molecular weight excluding hydrogens is 389 g/mol. The number of hydrogen-bond donors (Lipinski definition) is 1. The van der Waals surface area contributed by atoms with Gasteiger partial charge in [0, 0.05) is 12.3 Å². The van der Waals surface area contributed by atoms with Crippen molar-refractivity contribution in [3.63, 3.8) is 0 Å². The first-order valence-corrected chi connectivity index (χ1v) is 10.9. The van der Waals surface area contributed by atoms with Gasteiger partial charge < -0.3 is 0 Å². The minimum atomic E-state index is -5.84. The maximum Gasteiger partial charge on any atom is 0.522 e. The Morgan fingerprint density at radius 2 is 1.71 bits per heavy atom. The van der Waals surface area contributed by atoms with Crippen LogP contribution in [0.2, 0.25) is 0 Å². The van der Waals surface area contributed by atoms with Gasteiger partial charge in [-0.3, -0.25) is 9.35 Å². The van der Waals surface area contributed by atoms with Gasteiger partial charge in [-0.1, -0.05) is 19.3 Å². The maximum absolute atomic E-state index is 11.5. The van der Waals surface area contributed by atoms with Crippen LogP contribution >= 0.6 is 23.4 Å². The van der Waals surface area contributed by atoms with Gasteiger partial charge in [0.2, 0.25) is 0 Å². The third-order valence-electron chi connectivity index (χ3n) is 3.47. The fraction of sp³-hybridized carbons (Fsp3) is 0.929. The lowest BCUT2D eigenvalue weighted by molar-refractivity contribution is -0.116. The molecule has 0 saturated heterocycles. The maximum atomic E-state index is 11.5. The van der Waals surface area contributed by atoms with Gasteiger partial charge in [0.1, 0.15) is 5.78 Å². The normalized spacial score (nSPS) is 16.4. The van der Waals surface area contributed by atoms with Crippen LogP contribution in [0.5, 0.6) is 0 Å². The van der Waals surface area contributed by atoms with E-state index in [-0.39, 0.29) is 0 Å². The van der Waals surface area contributed by atoms with Crippen LogP contribution in [0.25, 0.3) is 0 Å². The Morgan fingerprint density at radius 1 is 1.17 bits per heavy atom. The van der Waals surface area contributed by atoms with E-state index in [4.69, 9.17) is 24.6 Å². The number of carbonyl (C=O) groups is 1. The monoisotopic (exact) mass is 412 g/mol. The largest absolute Gasteiger partial charge is 0.522 e. The van der Waals surface area contributed by atoms with Gasteiger partial charge in [0.25, 0.3) is 0 Å². The molecule has 10 heteroatoms. The fourth-order valence-corrected chi connectivity index (χ4v) is 3.53. The molecule has 0 unspecified atom stereocenters. The number of carbonyl (C=O) groups excluding carboxylic acids is 1. The third-order valence-corrected chi connectivity index (χ3v) is 5.56. The third kappa shape index (κ3) is 12.4. The second kappa shape index (κ2) is 12.4. The molecule has 1 aliphatic rings. The summed E-state index contributed by atoms with van der Waals surface area (Å²) in [7, 11) is -5.84. The lowest BCUT2D eigenvalue weighted by Crippen LogP contribution is -2.21. The van der Waals surface area contributed by atoms with Gasteiger partial charge in [0.15, 0.2) is 0 Å². The number of alkyl halides is 4. The highest BCUT2D eigenvalue weighted by molar-refractivity contribution is 7.99. The van der Waals surface area contributed by atoms with Gasteiger partial charge in [-0.25, -0.2) is 0 Å². The van der Waals surface area contributed by atoms with Crippen molar-refractivity contribution in [2.24, 2.45) is 5.92 Å². The minimum Gasteiger partial charge on any atom is -0.299 e. The predicted molar refractivity (Wildman–Crippen MR) is 91.1 cm³/mol. The summed E-state index contributed by atoms with van der Waals surface area (Å²) in [5, 5.41) is 0. The van der Waals surface area contributed by atoms with Gasteiger partial charge in [-0.15, -0.1) is 11.6 Å². The van der Waals surface area contributed by atoms with Crippen LogP contribution in [0, 0.1) is 5.92 Å². The van der Waals surface area contributed by atoms with Crippen LogP contribution in [0.15, 0.2) is 0 Å². The average Bonchev–Trinajstić information content (AvgIpc) is 2.47. The Kier molecular flexibility index (Phi) is 12.4. The first-order valence-electron chi connectivity index (χ1n) is 7.77. The molecule has 0 aromatic rings. The molecule has 1 fully saturated rings. The molecule has 0 radical (unpaired) electrons. The molecule has 1 saturated carbocycles. The van der Waals surface area contributed by atoms with Crippen molar-refractivity contribution in [1.82, 2.24) is 0 Å². The van der Waals surface area contributed by atoms with Crippen molar-refractivity contribution in [2.75, 3.05) is 17.4 Å². The van der Waals surface area contributed by atoms with Crippen molar-refractivity contribution >= 4 is 39.3 Å². The zero-order valence-corrected chi connectivity index (χ0v) is 15.7. The van der Waals surface area contributed by atoms with E-state index in [1.165, 1.54) is 37.9 Å². The van der Waals surface area contributed by atoms with Crippen LogP contribution in [0.3, 0.4) is 0 Å². The van der Waals surface area contributed by atoms with Crippen LogP contribution in [-0.2, 0) is 14.9 Å². The Hall–Kier alpha value is 0.01000. The highest BCUT2D eigenvalue weighted by Crippen LogP contribution is 2.26. The lowest BCUT2D eigenvalue weighted by Gasteiger charge is -2.20. The smallest absolute Gasteiger partial charge is 0.299 e. The van der Waals surface area contributed by atoms with Gasteiger partial charge >= 0.3 is 15.6 Å². The molecule has 4 nitrogen and oxygen atoms in total. The van der Waals surface area contributed by atoms with Crippen molar-refractivity contribution in [3.8, 4) is 0 Å². The van der Waals surface area contributed by atoms with E-state index in [0.29, 0.717) is 11.7 Å². The topological polar surface area (TPSA) is 71.4 Å². The van der Waals surface area contributed by atoms with E-state index >= 15 is 0 Å². The van der Waals surface area contributed by atoms with E-state index in [1.807, 2.05) is 11.8 Å². The lowest BCUT2D eigenvalue weighted by atomic mass is 9.91. The number of rotatable bonds is 8. The van der Waals surface area contributed by atoms with Crippen molar-refractivity contribution in [3.05, 3.63) is 0 Å². The number of Topliss-reactive ketones (excluding diaryl/α,β-unsaturated/α-hetero) is 1. The quantitative estimate of drug-likeness (QED) is 0.271. The molecule has 1 rings (SSSR count). The number of hydrogen-bond acceptors (Lipinski definition) is 4. The Balaban J connectivity index is 0.000000561. The van der Waals surface area contributed by atoms with Gasteiger partial charge in [-0.05, 0) is 37.4 Å². The van der Waals surface area contributed by atoms with E-state index in [0.717, 1.165) is 30.9 Å². The zero-order valence-electron chi connectivity index (χ0n) is 13.4. The summed E-state index contributed by atoms with van der Waals surface area (Å²) >= 11 is 7.42. The van der Waals surface area contributed by atoms with Crippen molar-refractivity contribution in [2.45, 2.75) is 56.9 Å². The van der Waals surface area contributed by atoms with Crippen molar-refractivity contribution in [1.29, 1.82) is 0 Å². The molecule has 0 amide bonds. The number of thioether (sulfide) groups is 1. The molecular formula is C14H24ClF3O4S2. The van der Waals surface area contributed by atoms with E-state index < -0.39 is 15.6 Å². The molecule has 144 valence electrons. The highest BCUT2D eigenvalue weighted by atomic mass is 35.5. The first kappa shape index (κ1) is 24.0. The SMILES string of the molecule is O=C(CCCCCl)CSCC1CCCCC1.O=S(=O)(O)C(F)(F)F. The molecule has 0 aliphatic heterocycles. The molecule has 1 aliphatic carbocycles. The summed E-state index contributed by atoms with van der Waals surface area (Å²) in [6.07, 6.45) is 9.64. The summed E-state index contributed by atoms with van der Waals surface area (Å²) in [5.41, 5.74) is -5.53. The second-order valence-electron chi connectivity index (χ2n) is 5.62. The molecule has 24 heavy (non-hydrogen) atoms. The van der Waals surface area contributed by atoms with Crippen LogP contribution in [0.1, 0.15) is 51.4 Å². The molecule has 0 spiro atoms. The Labute approximate surface area is 150 Å². The standard InChI is InChI=1S/C13H23ClOS.CHF3O3S/c14-9-5-4-8-13(15)11-16-10-12-6-2-1-3-7-12;2-1(3,4)8(5,6)7/h12H,1-11H2;(H,5,6,7). The highest BCUT2D eigenvalue weighted by Gasteiger charge is 2.44. The molecule has 1 N–H and O–H groups in total. The number of halogens is 4. The molecule has 0 aromatic heterocycles. The molecule has 0 aromatic carbocycles. The van der Waals surface area contributed by atoms with E-state index in [1.54, 1.807) is 0 Å². The number of unbranched alkanes of at least 4 members (excludes halogenated alkanes) is 1. The van der Waals surface area contributed by atoms with Crippen LogP contribution < -0.4 is 0 Å². The van der Waals surface area contributed by atoms with E-state index in [2.05, 4.69) is 0 Å². The van der Waals surface area contributed by atoms with Crippen LogP contribution in [0.4, 0.5) is 13.2 Å². The predicted octanol–water partition coefficient (Wildman–Crippen LogP) is 4.67. The van der Waals surface area contributed by atoms with Gasteiger partial charge in [0.05, 0.1) is 5.75 Å². The summed E-state index contributed by atoms with van der Waals surface area (Å²) in [4.78, 5) is 11.5. The summed E-state index contributed by atoms with van der Waals surface area (Å²) in [6, 6.07) is 0. The van der Waals surface area contributed by atoms with Crippen LogP contribution in [-0.4, -0.2) is 41.6 Å². The summed E-state index contributed by atoms with van der Waals surface area (Å²) in [5.74, 6) is 3.89. The number of ketones is 1. The summed E-state index contributed by atoms with van der Waals surface area (Å²) < 4.78 is 57.5. The molecule has 0 heterocycles.